The molecule has 0 saturated heterocycles. The van der Waals surface area contributed by atoms with E-state index in [1.54, 1.807) is 29.0 Å². The topological polar surface area (TPSA) is 68.0 Å². The number of aromatic nitrogens is 1. The van der Waals surface area contributed by atoms with Crippen LogP contribution >= 0.6 is 22.9 Å². The number of benzene rings is 2. The van der Waals surface area contributed by atoms with Gasteiger partial charge in [0.2, 0.25) is 5.91 Å². The SMILES string of the molecule is NC(=O)c1cccc(CNc2c(Cl)ccc3scnc23)c1. The number of thiazole rings is 1. The van der Waals surface area contributed by atoms with Crippen molar-refractivity contribution < 1.29 is 4.79 Å². The van der Waals surface area contributed by atoms with E-state index in [-0.39, 0.29) is 0 Å². The summed E-state index contributed by atoms with van der Waals surface area (Å²) >= 11 is 7.80. The molecule has 0 bridgehead atoms. The number of rotatable bonds is 4. The maximum atomic E-state index is 11.2. The molecule has 0 spiro atoms. The molecule has 3 rings (SSSR count). The molecule has 6 heteroatoms. The molecule has 106 valence electrons. The number of carbonyl (C=O) groups excluding carboxylic acids is 1. The van der Waals surface area contributed by atoms with Crippen LogP contribution in [0, 0.1) is 0 Å². The maximum Gasteiger partial charge on any atom is 0.248 e. The molecule has 3 aromatic rings. The van der Waals surface area contributed by atoms with E-state index in [0.29, 0.717) is 17.1 Å². The zero-order valence-electron chi connectivity index (χ0n) is 11.0. The molecule has 0 fully saturated rings. The van der Waals surface area contributed by atoms with Crippen molar-refractivity contribution in [1.29, 1.82) is 0 Å². The van der Waals surface area contributed by atoms with Crippen LogP contribution in [0.5, 0.6) is 0 Å². The number of halogens is 1. The highest BCUT2D eigenvalue weighted by molar-refractivity contribution is 7.16. The molecule has 0 radical (unpaired) electrons. The van der Waals surface area contributed by atoms with Gasteiger partial charge in [0.05, 0.1) is 20.9 Å². The summed E-state index contributed by atoms with van der Waals surface area (Å²) in [6.07, 6.45) is 0. The lowest BCUT2D eigenvalue weighted by molar-refractivity contribution is 0.1000. The van der Waals surface area contributed by atoms with Gasteiger partial charge in [-0.05, 0) is 29.8 Å². The third kappa shape index (κ3) is 2.84. The smallest absolute Gasteiger partial charge is 0.248 e. The van der Waals surface area contributed by atoms with Crippen molar-refractivity contribution in [3.63, 3.8) is 0 Å². The minimum atomic E-state index is -0.434. The van der Waals surface area contributed by atoms with Crippen molar-refractivity contribution in [3.05, 3.63) is 58.1 Å². The van der Waals surface area contributed by atoms with Crippen LogP contribution in [0.4, 0.5) is 5.69 Å². The first kappa shape index (κ1) is 13.9. The van der Waals surface area contributed by atoms with Crippen molar-refractivity contribution >= 4 is 44.7 Å². The van der Waals surface area contributed by atoms with Crippen LogP contribution in [0.25, 0.3) is 10.2 Å². The van der Waals surface area contributed by atoms with Crippen molar-refractivity contribution in [2.45, 2.75) is 6.54 Å². The predicted molar refractivity (Wildman–Crippen MR) is 86.9 cm³/mol. The van der Waals surface area contributed by atoms with Crippen molar-refractivity contribution in [2.75, 3.05) is 5.32 Å². The van der Waals surface area contributed by atoms with E-state index in [0.717, 1.165) is 21.5 Å². The molecular formula is C15H12ClN3OS. The van der Waals surface area contributed by atoms with Crippen LogP contribution in [0.1, 0.15) is 15.9 Å². The number of primary amides is 1. The normalized spacial score (nSPS) is 10.7. The Bertz CT molecular complexity index is 816. The summed E-state index contributed by atoms with van der Waals surface area (Å²) in [7, 11) is 0. The molecule has 2 aromatic carbocycles. The van der Waals surface area contributed by atoms with Crippen LogP contribution in [0.2, 0.25) is 5.02 Å². The van der Waals surface area contributed by atoms with E-state index in [1.807, 2.05) is 24.3 Å². The molecule has 0 aliphatic rings. The predicted octanol–water partition coefficient (Wildman–Crippen LogP) is 3.66. The number of nitrogens with one attached hydrogen (secondary N) is 1. The highest BCUT2D eigenvalue weighted by Gasteiger charge is 2.09. The second-order valence-electron chi connectivity index (χ2n) is 4.54. The summed E-state index contributed by atoms with van der Waals surface area (Å²) in [5.41, 5.74) is 10.2. The molecule has 0 unspecified atom stereocenters. The van der Waals surface area contributed by atoms with Gasteiger partial charge in [-0.2, -0.15) is 0 Å². The Balaban J connectivity index is 1.86. The average molecular weight is 318 g/mol. The molecule has 1 heterocycles. The third-order valence-corrected chi connectivity index (χ3v) is 4.24. The van der Waals surface area contributed by atoms with E-state index < -0.39 is 5.91 Å². The number of hydrogen-bond acceptors (Lipinski definition) is 4. The van der Waals surface area contributed by atoms with Gasteiger partial charge < -0.3 is 11.1 Å². The van der Waals surface area contributed by atoms with Crippen molar-refractivity contribution in [3.8, 4) is 0 Å². The fraction of sp³-hybridized carbons (Fsp3) is 0.0667. The summed E-state index contributed by atoms with van der Waals surface area (Å²) in [5.74, 6) is -0.434. The molecule has 0 aliphatic carbocycles. The lowest BCUT2D eigenvalue weighted by Gasteiger charge is -2.10. The summed E-state index contributed by atoms with van der Waals surface area (Å²) < 4.78 is 1.08. The number of nitrogens with two attached hydrogens (primary N) is 1. The van der Waals surface area contributed by atoms with Crippen molar-refractivity contribution in [2.24, 2.45) is 5.73 Å². The number of fused-ring (bicyclic) bond motifs is 1. The summed E-state index contributed by atoms with van der Waals surface area (Å²) in [4.78, 5) is 15.5. The monoisotopic (exact) mass is 317 g/mol. The zero-order chi connectivity index (χ0) is 14.8. The van der Waals surface area contributed by atoms with Gasteiger partial charge in [-0.15, -0.1) is 11.3 Å². The van der Waals surface area contributed by atoms with Gasteiger partial charge in [0, 0.05) is 12.1 Å². The molecule has 21 heavy (non-hydrogen) atoms. The van der Waals surface area contributed by atoms with E-state index >= 15 is 0 Å². The minimum absolute atomic E-state index is 0.434. The first-order valence-corrected chi connectivity index (χ1v) is 7.55. The Hall–Kier alpha value is -2.11. The highest BCUT2D eigenvalue weighted by atomic mass is 35.5. The van der Waals surface area contributed by atoms with Crippen LogP contribution in [0.3, 0.4) is 0 Å². The zero-order valence-corrected chi connectivity index (χ0v) is 12.5. The fourth-order valence-corrected chi connectivity index (χ4v) is 3.00. The number of hydrogen-bond donors (Lipinski definition) is 2. The summed E-state index contributed by atoms with van der Waals surface area (Å²) in [6, 6.07) is 11.0. The number of nitrogens with zero attached hydrogens (tertiary/aromatic N) is 1. The second-order valence-corrected chi connectivity index (χ2v) is 5.83. The Morgan fingerprint density at radius 1 is 1.33 bits per heavy atom. The molecule has 0 aliphatic heterocycles. The second kappa shape index (κ2) is 5.71. The first-order chi connectivity index (χ1) is 10.1. The third-order valence-electron chi connectivity index (χ3n) is 3.13. The van der Waals surface area contributed by atoms with E-state index in [4.69, 9.17) is 17.3 Å². The molecule has 0 saturated carbocycles. The fourth-order valence-electron chi connectivity index (χ4n) is 2.10. The summed E-state index contributed by atoms with van der Waals surface area (Å²) in [5, 5.41) is 3.91. The number of carbonyl (C=O) groups is 1. The van der Waals surface area contributed by atoms with Crippen LogP contribution in [0.15, 0.2) is 41.9 Å². The molecule has 0 atom stereocenters. The van der Waals surface area contributed by atoms with E-state index in [2.05, 4.69) is 10.3 Å². The Labute approximate surface area is 130 Å². The van der Waals surface area contributed by atoms with Gasteiger partial charge in [0.25, 0.3) is 0 Å². The van der Waals surface area contributed by atoms with Gasteiger partial charge in [-0.1, -0.05) is 23.7 Å². The van der Waals surface area contributed by atoms with Gasteiger partial charge in [0.15, 0.2) is 0 Å². The first-order valence-electron chi connectivity index (χ1n) is 6.29. The molecule has 1 aromatic heterocycles. The highest BCUT2D eigenvalue weighted by Crippen LogP contribution is 2.32. The van der Waals surface area contributed by atoms with Gasteiger partial charge in [-0.25, -0.2) is 4.98 Å². The maximum absolute atomic E-state index is 11.2. The Kier molecular flexibility index (Phi) is 3.77. The lowest BCUT2D eigenvalue weighted by Crippen LogP contribution is -2.11. The van der Waals surface area contributed by atoms with Gasteiger partial charge in [-0.3, -0.25) is 4.79 Å². The van der Waals surface area contributed by atoms with Gasteiger partial charge in [0.1, 0.15) is 5.52 Å². The van der Waals surface area contributed by atoms with Crippen LogP contribution < -0.4 is 11.1 Å². The van der Waals surface area contributed by atoms with Crippen LogP contribution in [-0.4, -0.2) is 10.9 Å². The van der Waals surface area contributed by atoms with E-state index in [9.17, 15) is 4.79 Å². The molecule has 4 nitrogen and oxygen atoms in total. The minimum Gasteiger partial charge on any atom is -0.378 e. The average Bonchev–Trinajstić information content (AvgIpc) is 2.95. The Morgan fingerprint density at radius 3 is 3.00 bits per heavy atom. The standard InChI is InChI=1S/C15H12ClN3OS/c16-11-4-5-12-14(19-8-21-12)13(11)18-7-9-2-1-3-10(6-9)15(17)20/h1-6,8,18H,7H2,(H2,17,20). The largest absolute Gasteiger partial charge is 0.378 e. The molecule has 3 N–H and O–H groups in total. The Morgan fingerprint density at radius 2 is 2.19 bits per heavy atom. The molecular weight excluding hydrogens is 306 g/mol. The van der Waals surface area contributed by atoms with Crippen LogP contribution in [-0.2, 0) is 6.54 Å². The number of amides is 1. The van der Waals surface area contributed by atoms with E-state index in [1.165, 1.54) is 0 Å². The van der Waals surface area contributed by atoms with Crippen molar-refractivity contribution in [1.82, 2.24) is 4.98 Å². The van der Waals surface area contributed by atoms with Gasteiger partial charge >= 0.3 is 0 Å². The summed E-state index contributed by atoms with van der Waals surface area (Å²) in [6.45, 7) is 0.539. The molecule has 1 amide bonds. The lowest BCUT2D eigenvalue weighted by atomic mass is 10.1. The number of anilines is 1. The quantitative estimate of drug-likeness (QED) is 0.771.